The van der Waals surface area contributed by atoms with Crippen molar-refractivity contribution in [1.82, 2.24) is 14.8 Å². The summed E-state index contributed by atoms with van der Waals surface area (Å²) >= 11 is 1.56. The smallest absolute Gasteiger partial charge is 0.390 e. The molecule has 1 aromatic heterocycles. The van der Waals surface area contributed by atoms with Crippen LogP contribution in [0.25, 0.3) is 10.6 Å². The van der Waals surface area contributed by atoms with E-state index in [1.807, 2.05) is 42.2 Å². The molecule has 27 heavy (non-hydrogen) atoms. The molecule has 144 valence electrons. The number of rotatable bonds is 3. The maximum atomic E-state index is 12.6. The Morgan fingerprint density at radius 2 is 1.78 bits per heavy atom. The van der Waals surface area contributed by atoms with E-state index in [0.29, 0.717) is 11.9 Å². The summed E-state index contributed by atoms with van der Waals surface area (Å²) in [5.41, 5.74) is 1.05. The van der Waals surface area contributed by atoms with Crippen LogP contribution >= 0.6 is 11.3 Å². The molecular formula is C21H27N3O2S. The maximum absolute atomic E-state index is 12.6. The van der Waals surface area contributed by atoms with Gasteiger partial charge in [-0.25, -0.2) is 9.78 Å². The summed E-state index contributed by atoms with van der Waals surface area (Å²) in [4.78, 5) is 22.5. The lowest BCUT2D eigenvalue weighted by atomic mass is 10.0. The van der Waals surface area contributed by atoms with Crippen molar-refractivity contribution in [2.75, 3.05) is 26.2 Å². The Morgan fingerprint density at radius 3 is 2.48 bits per heavy atom. The van der Waals surface area contributed by atoms with Gasteiger partial charge in [-0.2, -0.15) is 0 Å². The molecule has 2 aliphatic rings. The van der Waals surface area contributed by atoms with Gasteiger partial charge in [0.25, 0.3) is 0 Å². The molecule has 0 atom stereocenters. The molecule has 0 bridgehead atoms. The van der Waals surface area contributed by atoms with Gasteiger partial charge in [-0.1, -0.05) is 36.8 Å². The number of carbonyl (C=O) groups excluding carboxylic acids is 1. The number of amides is 1. The van der Waals surface area contributed by atoms with Crippen molar-refractivity contribution >= 4 is 17.4 Å². The van der Waals surface area contributed by atoms with E-state index in [4.69, 9.17) is 4.74 Å². The van der Waals surface area contributed by atoms with Crippen LogP contribution in [0.5, 0.6) is 5.88 Å². The first-order chi connectivity index (χ1) is 13.2. The molecule has 0 spiro atoms. The monoisotopic (exact) mass is 385 g/mol. The van der Waals surface area contributed by atoms with Crippen molar-refractivity contribution in [1.29, 1.82) is 0 Å². The SMILES string of the molecule is Cc1sc(-c2ccccc2)nc1OC(=O)N1CCC(N2CCCCC2)CC1. The molecule has 2 aromatic rings. The number of hydrogen-bond donors (Lipinski definition) is 0. The molecule has 0 radical (unpaired) electrons. The van der Waals surface area contributed by atoms with Crippen LogP contribution in [-0.4, -0.2) is 53.1 Å². The highest BCUT2D eigenvalue weighted by Gasteiger charge is 2.29. The first kappa shape index (κ1) is 18.4. The third-order valence-electron chi connectivity index (χ3n) is 5.59. The quantitative estimate of drug-likeness (QED) is 0.777. The molecule has 1 aromatic carbocycles. The van der Waals surface area contributed by atoms with E-state index in [1.165, 1.54) is 32.4 Å². The Kier molecular flexibility index (Phi) is 5.74. The molecular weight excluding hydrogens is 358 g/mol. The molecule has 2 saturated heterocycles. The molecule has 1 amide bonds. The number of thiazole rings is 1. The number of aryl methyl sites for hydroxylation is 1. The lowest BCUT2D eigenvalue weighted by Gasteiger charge is -2.39. The fraction of sp³-hybridized carbons (Fsp3) is 0.524. The first-order valence-electron chi connectivity index (χ1n) is 9.94. The van der Waals surface area contributed by atoms with E-state index in [2.05, 4.69) is 9.88 Å². The van der Waals surface area contributed by atoms with Crippen LogP contribution in [0.15, 0.2) is 30.3 Å². The Bertz CT molecular complexity index is 763. The number of ether oxygens (including phenoxy) is 1. The van der Waals surface area contributed by atoms with E-state index in [0.717, 1.165) is 41.4 Å². The summed E-state index contributed by atoms with van der Waals surface area (Å²) in [6.45, 7) is 5.93. The average Bonchev–Trinajstić information content (AvgIpc) is 3.10. The van der Waals surface area contributed by atoms with Crippen molar-refractivity contribution < 1.29 is 9.53 Å². The third kappa shape index (κ3) is 4.33. The molecule has 0 unspecified atom stereocenters. The van der Waals surface area contributed by atoms with Crippen LogP contribution in [0, 0.1) is 6.92 Å². The standard InChI is InChI=1S/C21H27N3O2S/c1-16-19(22-20(27-16)17-8-4-2-5-9-17)26-21(25)24-14-10-18(11-15-24)23-12-6-3-7-13-23/h2,4-5,8-9,18H,3,6-7,10-15H2,1H3. The summed E-state index contributed by atoms with van der Waals surface area (Å²) in [5, 5.41) is 0.889. The van der Waals surface area contributed by atoms with Crippen molar-refractivity contribution in [2.24, 2.45) is 0 Å². The summed E-state index contributed by atoms with van der Waals surface area (Å²) in [7, 11) is 0. The second-order valence-corrected chi connectivity index (χ2v) is 8.63. The van der Waals surface area contributed by atoms with E-state index in [-0.39, 0.29) is 6.09 Å². The fourth-order valence-corrected chi connectivity index (χ4v) is 4.87. The molecule has 0 saturated carbocycles. The van der Waals surface area contributed by atoms with Gasteiger partial charge in [-0.15, -0.1) is 11.3 Å². The van der Waals surface area contributed by atoms with Gasteiger partial charge >= 0.3 is 6.09 Å². The zero-order chi connectivity index (χ0) is 18.6. The highest BCUT2D eigenvalue weighted by atomic mass is 32.1. The van der Waals surface area contributed by atoms with E-state index in [1.54, 1.807) is 11.3 Å². The number of nitrogens with zero attached hydrogens (tertiary/aromatic N) is 3. The fourth-order valence-electron chi connectivity index (χ4n) is 4.03. The normalized spacial score (nSPS) is 19.2. The lowest BCUT2D eigenvalue weighted by Crippen LogP contribution is -2.48. The van der Waals surface area contributed by atoms with Crippen LogP contribution in [0.4, 0.5) is 4.79 Å². The zero-order valence-corrected chi connectivity index (χ0v) is 16.7. The van der Waals surface area contributed by atoms with Gasteiger partial charge in [-0.3, -0.25) is 0 Å². The highest BCUT2D eigenvalue weighted by molar-refractivity contribution is 7.15. The second kappa shape index (κ2) is 8.40. The molecule has 0 N–H and O–H groups in total. The molecule has 2 aliphatic heterocycles. The van der Waals surface area contributed by atoms with Gasteiger partial charge in [0.05, 0.1) is 4.88 Å². The summed E-state index contributed by atoms with van der Waals surface area (Å²) in [6, 6.07) is 10.6. The molecule has 2 fully saturated rings. The van der Waals surface area contributed by atoms with Gasteiger partial charge in [0.1, 0.15) is 5.01 Å². The van der Waals surface area contributed by atoms with Gasteiger partial charge in [0.15, 0.2) is 0 Å². The third-order valence-corrected chi connectivity index (χ3v) is 6.59. The minimum atomic E-state index is -0.264. The van der Waals surface area contributed by atoms with Crippen molar-refractivity contribution in [3.05, 3.63) is 35.2 Å². The van der Waals surface area contributed by atoms with E-state index < -0.39 is 0 Å². The van der Waals surface area contributed by atoms with Gasteiger partial charge < -0.3 is 14.5 Å². The van der Waals surface area contributed by atoms with E-state index in [9.17, 15) is 4.79 Å². The summed E-state index contributed by atoms with van der Waals surface area (Å²) < 4.78 is 5.64. The van der Waals surface area contributed by atoms with Crippen LogP contribution in [0.2, 0.25) is 0 Å². The van der Waals surface area contributed by atoms with Crippen LogP contribution in [0.1, 0.15) is 37.0 Å². The molecule has 4 rings (SSSR count). The maximum Gasteiger partial charge on any atom is 0.416 e. The molecule has 3 heterocycles. The second-order valence-electron chi connectivity index (χ2n) is 7.43. The summed E-state index contributed by atoms with van der Waals surface area (Å²) in [6.07, 6.45) is 5.81. The molecule has 6 heteroatoms. The summed E-state index contributed by atoms with van der Waals surface area (Å²) in [5.74, 6) is 0.446. The lowest BCUT2D eigenvalue weighted by molar-refractivity contribution is 0.0873. The number of carbonyl (C=O) groups is 1. The number of likely N-dealkylation sites (tertiary alicyclic amines) is 2. The molecule has 0 aliphatic carbocycles. The average molecular weight is 386 g/mol. The highest BCUT2D eigenvalue weighted by Crippen LogP contribution is 2.32. The Labute approximate surface area is 165 Å². The Morgan fingerprint density at radius 1 is 1.07 bits per heavy atom. The van der Waals surface area contributed by atoms with Crippen LogP contribution in [-0.2, 0) is 0 Å². The first-order valence-corrected chi connectivity index (χ1v) is 10.8. The molecule has 5 nitrogen and oxygen atoms in total. The van der Waals surface area contributed by atoms with E-state index >= 15 is 0 Å². The zero-order valence-electron chi connectivity index (χ0n) is 15.9. The number of benzene rings is 1. The van der Waals surface area contributed by atoms with Crippen LogP contribution < -0.4 is 4.74 Å². The Hall–Kier alpha value is -1.92. The Balaban J connectivity index is 1.34. The minimum absolute atomic E-state index is 0.264. The van der Waals surface area contributed by atoms with Crippen molar-refractivity contribution in [3.63, 3.8) is 0 Å². The predicted octanol–water partition coefficient (Wildman–Crippen LogP) is 4.57. The minimum Gasteiger partial charge on any atom is -0.390 e. The predicted molar refractivity (Wildman–Crippen MR) is 108 cm³/mol. The van der Waals surface area contributed by atoms with Gasteiger partial charge in [-0.05, 0) is 45.7 Å². The number of hydrogen-bond acceptors (Lipinski definition) is 5. The van der Waals surface area contributed by atoms with Gasteiger partial charge in [0, 0.05) is 24.7 Å². The largest absolute Gasteiger partial charge is 0.416 e. The van der Waals surface area contributed by atoms with Crippen LogP contribution in [0.3, 0.4) is 0 Å². The van der Waals surface area contributed by atoms with Crippen molar-refractivity contribution in [3.8, 4) is 16.5 Å². The number of aromatic nitrogens is 1. The van der Waals surface area contributed by atoms with Gasteiger partial charge in [0.2, 0.25) is 5.88 Å². The van der Waals surface area contributed by atoms with Crippen molar-refractivity contribution in [2.45, 2.75) is 45.1 Å². The topological polar surface area (TPSA) is 45.7 Å². The number of piperidine rings is 2.